The normalized spacial score (nSPS) is 21.0. The Kier molecular flexibility index (Phi) is 8.75. The minimum atomic E-state index is -4.21. The smallest absolute Gasteiger partial charge is 0.459 e. The summed E-state index contributed by atoms with van der Waals surface area (Å²) in [4.78, 5) is 39.1. The Morgan fingerprint density at radius 3 is 2.63 bits per heavy atom. The van der Waals surface area contributed by atoms with Crippen LogP contribution in [-0.2, 0) is 23.4 Å². The summed E-state index contributed by atoms with van der Waals surface area (Å²) in [5.74, 6) is -0.309. The highest BCUT2D eigenvalue weighted by Crippen LogP contribution is 2.48. The van der Waals surface area contributed by atoms with Crippen LogP contribution in [0.15, 0.2) is 70.4 Å². The number of benzene rings is 2. The molecule has 2 N–H and O–H groups in total. The van der Waals surface area contributed by atoms with Gasteiger partial charge in [0.05, 0.1) is 13.2 Å². The van der Waals surface area contributed by atoms with Gasteiger partial charge >= 0.3 is 19.4 Å². The van der Waals surface area contributed by atoms with Crippen molar-refractivity contribution in [2.75, 3.05) is 13.2 Å². The van der Waals surface area contributed by atoms with Crippen LogP contribution in [0.2, 0.25) is 0 Å². The topological polar surface area (TPSA) is 138 Å². The second-order valence-corrected chi connectivity index (χ2v) is 13.2. The molecule has 1 aliphatic rings. The molecule has 4 atom stereocenters. The highest BCUT2D eigenvalue weighted by Gasteiger charge is 2.39. The molecular formula is C29H36N3O8P. The first kappa shape index (κ1) is 30.5. The van der Waals surface area contributed by atoms with Crippen LogP contribution in [0.25, 0.3) is 10.8 Å². The average Bonchev–Trinajstić information content (AvgIpc) is 3.30. The number of fused-ring (bicyclic) bond motifs is 1. The van der Waals surface area contributed by atoms with Crippen molar-refractivity contribution in [2.24, 2.45) is 5.41 Å². The van der Waals surface area contributed by atoms with Crippen molar-refractivity contribution in [1.29, 1.82) is 0 Å². The minimum Gasteiger partial charge on any atom is -0.464 e. The van der Waals surface area contributed by atoms with Gasteiger partial charge in [-0.3, -0.25) is 23.7 Å². The maximum Gasteiger partial charge on any atom is 0.459 e. The van der Waals surface area contributed by atoms with Gasteiger partial charge in [0.15, 0.2) is 6.23 Å². The van der Waals surface area contributed by atoms with Crippen LogP contribution in [0.5, 0.6) is 5.75 Å². The molecule has 0 aliphatic carbocycles. The van der Waals surface area contributed by atoms with Crippen molar-refractivity contribution in [1.82, 2.24) is 14.6 Å². The summed E-state index contributed by atoms with van der Waals surface area (Å²) in [6, 6.07) is 11.7. The fourth-order valence-corrected chi connectivity index (χ4v) is 5.66. The number of hydrogen-bond donors (Lipinski definition) is 2. The number of carbonyl (C=O) groups is 1. The Balaban J connectivity index is 1.55. The van der Waals surface area contributed by atoms with Gasteiger partial charge in [0.25, 0.3) is 5.56 Å². The molecule has 0 unspecified atom stereocenters. The van der Waals surface area contributed by atoms with E-state index in [9.17, 15) is 18.9 Å². The van der Waals surface area contributed by atoms with Crippen LogP contribution in [0.3, 0.4) is 0 Å². The van der Waals surface area contributed by atoms with Crippen molar-refractivity contribution < 1.29 is 27.9 Å². The van der Waals surface area contributed by atoms with Gasteiger partial charge in [-0.25, -0.2) is 9.36 Å². The summed E-state index contributed by atoms with van der Waals surface area (Å²) < 4.78 is 38.8. The van der Waals surface area contributed by atoms with E-state index in [4.69, 9.17) is 18.5 Å². The zero-order valence-electron chi connectivity index (χ0n) is 24.0. The van der Waals surface area contributed by atoms with E-state index >= 15 is 0 Å². The number of aromatic amines is 1. The molecule has 0 radical (unpaired) electrons. The summed E-state index contributed by atoms with van der Waals surface area (Å²) in [5, 5.41) is 4.29. The molecule has 2 heterocycles. The summed E-state index contributed by atoms with van der Waals surface area (Å²) in [6.45, 7) is 10.5. The fraction of sp³-hybridized carbons (Fsp3) is 0.414. The molecule has 0 fully saturated rings. The van der Waals surface area contributed by atoms with Crippen LogP contribution in [0.4, 0.5) is 0 Å². The molecule has 0 saturated carbocycles. The minimum absolute atomic E-state index is 0.175. The highest BCUT2D eigenvalue weighted by atomic mass is 31.2. The molecule has 0 saturated heterocycles. The third-order valence-corrected chi connectivity index (χ3v) is 7.88. The monoisotopic (exact) mass is 585 g/mol. The predicted octanol–water partition coefficient (Wildman–Crippen LogP) is 4.61. The standard InChI is InChI=1S/C29H36N3O8P/c1-19-16-32(27(35)30-25(19)33)24-14-15-29(6,39-24)18-38-41(36,31-20(2)26(34)37-17-28(3,4)5)40-23-13-9-11-21-10-7-8-12-22(21)23/h7-16,20,24H,17-18H2,1-6H3,(H,31,36)(H,30,33,35)/t20-,24+,29-,41+/m0/s1. The van der Waals surface area contributed by atoms with Crippen molar-refractivity contribution in [3.05, 3.63) is 87.2 Å². The van der Waals surface area contributed by atoms with Gasteiger partial charge in [-0.1, -0.05) is 63.2 Å². The lowest BCUT2D eigenvalue weighted by Crippen LogP contribution is -2.39. The van der Waals surface area contributed by atoms with Crippen LogP contribution >= 0.6 is 7.75 Å². The summed E-state index contributed by atoms with van der Waals surface area (Å²) in [6.07, 6.45) is 3.89. The van der Waals surface area contributed by atoms with Crippen molar-refractivity contribution in [2.45, 2.75) is 59.4 Å². The third kappa shape index (κ3) is 7.62. The molecule has 1 aromatic heterocycles. The second kappa shape index (κ2) is 11.8. The van der Waals surface area contributed by atoms with Gasteiger partial charge in [-0.05, 0) is 43.7 Å². The molecule has 0 amide bonds. The molecule has 12 heteroatoms. The zero-order valence-corrected chi connectivity index (χ0v) is 24.9. The largest absolute Gasteiger partial charge is 0.464 e. The van der Waals surface area contributed by atoms with E-state index in [1.54, 1.807) is 38.1 Å². The lowest BCUT2D eigenvalue weighted by Gasteiger charge is -2.29. The molecule has 2 aromatic carbocycles. The van der Waals surface area contributed by atoms with Crippen LogP contribution in [0, 0.1) is 12.3 Å². The number of aromatic nitrogens is 2. The van der Waals surface area contributed by atoms with Gasteiger partial charge in [-0.2, -0.15) is 5.09 Å². The number of hydrogen-bond acceptors (Lipinski definition) is 8. The molecular weight excluding hydrogens is 549 g/mol. The van der Waals surface area contributed by atoms with E-state index in [1.807, 2.05) is 51.1 Å². The Labute approximate surface area is 238 Å². The lowest BCUT2D eigenvalue weighted by molar-refractivity contribution is -0.148. The lowest BCUT2D eigenvalue weighted by atomic mass is 9.99. The first-order valence-corrected chi connectivity index (χ1v) is 14.8. The van der Waals surface area contributed by atoms with Gasteiger partial charge in [0.2, 0.25) is 0 Å². The summed E-state index contributed by atoms with van der Waals surface area (Å²) in [5.41, 5.74) is -2.14. The number of rotatable bonds is 10. The second-order valence-electron chi connectivity index (χ2n) is 11.5. The zero-order chi connectivity index (χ0) is 30.0. The van der Waals surface area contributed by atoms with E-state index in [0.717, 1.165) is 5.39 Å². The Morgan fingerprint density at radius 2 is 1.90 bits per heavy atom. The average molecular weight is 586 g/mol. The fourth-order valence-electron chi connectivity index (χ4n) is 4.06. The van der Waals surface area contributed by atoms with E-state index in [0.29, 0.717) is 16.7 Å². The highest BCUT2D eigenvalue weighted by molar-refractivity contribution is 7.52. The molecule has 11 nitrogen and oxygen atoms in total. The van der Waals surface area contributed by atoms with Gasteiger partial charge in [0, 0.05) is 17.1 Å². The van der Waals surface area contributed by atoms with Crippen molar-refractivity contribution in [3.63, 3.8) is 0 Å². The van der Waals surface area contributed by atoms with E-state index in [1.165, 1.54) is 17.7 Å². The SMILES string of the molecule is Cc1cn([C@H]2C=C[C@@](C)(CO[P@](=O)(N[C@@H](C)C(=O)OCC(C)(C)C)Oc3cccc4ccccc34)O2)c(=O)[nH]c1=O. The van der Waals surface area contributed by atoms with E-state index < -0.39 is 42.8 Å². The van der Waals surface area contributed by atoms with E-state index in [2.05, 4.69) is 10.1 Å². The number of ether oxygens (including phenoxy) is 2. The first-order chi connectivity index (χ1) is 19.2. The number of carbonyl (C=O) groups excluding carboxylic acids is 1. The number of nitrogens with one attached hydrogen (secondary N) is 2. The molecule has 0 bridgehead atoms. The maximum atomic E-state index is 14.2. The van der Waals surface area contributed by atoms with Crippen LogP contribution < -0.4 is 20.9 Å². The molecule has 3 aromatic rings. The van der Waals surface area contributed by atoms with Crippen LogP contribution in [-0.4, -0.2) is 40.4 Å². The Hall–Kier alpha value is -3.50. The quantitative estimate of drug-likeness (QED) is 0.198. The number of nitrogens with zero attached hydrogens (tertiary/aromatic N) is 1. The van der Waals surface area contributed by atoms with Gasteiger partial charge in [-0.15, -0.1) is 0 Å². The Morgan fingerprint density at radius 1 is 1.20 bits per heavy atom. The van der Waals surface area contributed by atoms with Gasteiger partial charge in [0.1, 0.15) is 17.4 Å². The number of H-pyrrole nitrogens is 1. The molecule has 1 aliphatic heterocycles. The van der Waals surface area contributed by atoms with Crippen molar-refractivity contribution in [3.8, 4) is 5.75 Å². The number of aryl methyl sites for hydroxylation is 1. The molecule has 4 rings (SSSR count). The Bertz CT molecular complexity index is 1620. The number of esters is 1. The molecule has 41 heavy (non-hydrogen) atoms. The third-order valence-electron chi connectivity index (χ3n) is 6.27. The predicted molar refractivity (Wildman–Crippen MR) is 155 cm³/mol. The maximum absolute atomic E-state index is 14.2. The summed E-state index contributed by atoms with van der Waals surface area (Å²) >= 11 is 0. The first-order valence-electron chi connectivity index (χ1n) is 13.2. The van der Waals surface area contributed by atoms with Gasteiger partial charge < -0.3 is 14.0 Å². The van der Waals surface area contributed by atoms with Crippen LogP contribution in [0.1, 0.15) is 46.4 Å². The van der Waals surface area contributed by atoms with E-state index in [-0.39, 0.29) is 18.6 Å². The molecule has 0 spiro atoms. The summed E-state index contributed by atoms with van der Waals surface area (Å²) in [7, 11) is -4.21. The van der Waals surface area contributed by atoms with Crippen molar-refractivity contribution >= 4 is 24.5 Å². The molecule has 220 valence electrons.